The maximum Gasteiger partial charge on any atom is 0.243 e. The van der Waals surface area contributed by atoms with Crippen LogP contribution in [-0.4, -0.2) is 28.3 Å². The van der Waals surface area contributed by atoms with Crippen molar-refractivity contribution < 1.29 is 9.59 Å². The number of amides is 2. The van der Waals surface area contributed by atoms with Gasteiger partial charge in [0.15, 0.2) is 0 Å². The third kappa shape index (κ3) is 7.32. The van der Waals surface area contributed by atoms with Crippen molar-refractivity contribution in [3.63, 3.8) is 0 Å². The zero-order valence-corrected chi connectivity index (χ0v) is 22.9. The molecule has 4 rings (SSSR count). The lowest BCUT2D eigenvalue weighted by Crippen LogP contribution is -2.54. The predicted molar refractivity (Wildman–Crippen MR) is 156 cm³/mol. The molecule has 0 fully saturated rings. The lowest BCUT2D eigenvalue weighted by molar-refractivity contribution is -0.141. The number of nitrogens with one attached hydrogen (secondary N) is 1. The molecule has 2 amide bonds. The normalized spacial score (nSPS) is 12.2. The molecular formula is C34H38N2O2. The molecule has 4 nitrogen and oxygen atoms in total. The minimum atomic E-state index is -0.628. The van der Waals surface area contributed by atoms with Crippen LogP contribution in [0.15, 0.2) is 97.1 Å². The first-order valence-corrected chi connectivity index (χ1v) is 13.4. The Balaban J connectivity index is 1.66. The van der Waals surface area contributed by atoms with Crippen LogP contribution in [0.3, 0.4) is 0 Å². The Kier molecular flexibility index (Phi) is 8.62. The average molecular weight is 507 g/mol. The van der Waals surface area contributed by atoms with Crippen LogP contribution in [0.5, 0.6) is 0 Å². The van der Waals surface area contributed by atoms with Crippen molar-refractivity contribution in [3.8, 4) is 0 Å². The number of hydrogen-bond donors (Lipinski definition) is 1. The number of fused-ring (bicyclic) bond motifs is 1. The zero-order valence-electron chi connectivity index (χ0n) is 22.9. The number of rotatable bonds is 9. The van der Waals surface area contributed by atoms with Gasteiger partial charge in [-0.3, -0.25) is 9.59 Å². The summed E-state index contributed by atoms with van der Waals surface area (Å²) < 4.78 is 0. The van der Waals surface area contributed by atoms with E-state index in [1.165, 1.54) is 10.8 Å². The summed E-state index contributed by atoms with van der Waals surface area (Å²) in [4.78, 5) is 29.5. The average Bonchev–Trinajstić information content (AvgIpc) is 2.89. The van der Waals surface area contributed by atoms with Crippen molar-refractivity contribution in [2.45, 2.75) is 65.1 Å². The Morgan fingerprint density at radius 1 is 0.816 bits per heavy atom. The van der Waals surface area contributed by atoms with E-state index in [-0.39, 0.29) is 11.8 Å². The van der Waals surface area contributed by atoms with Crippen LogP contribution in [-0.2, 0) is 29.0 Å². The first kappa shape index (κ1) is 27.1. The van der Waals surface area contributed by atoms with Gasteiger partial charge in [-0.2, -0.15) is 0 Å². The van der Waals surface area contributed by atoms with Gasteiger partial charge in [0.05, 0.1) is 0 Å². The standard InChI is InChI=1S/C34H38N2O2/c1-25-12-10-15-27(22-25)24-36(31(33(38)35-34(2,3)4)23-26-13-6-5-7-14-26)32(37)21-20-29-18-11-17-28-16-8-9-19-30(28)29/h5-19,22,31H,20-21,23-24H2,1-4H3,(H,35,38). The van der Waals surface area contributed by atoms with Crippen LogP contribution in [0.2, 0.25) is 0 Å². The molecule has 0 spiro atoms. The van der Waals surface area contributed by atoms with E-state index in [0.717, 1.165) is 22.3 Å². The van der Waals surface area contributed by atoms with E-state index < -0.39 is 11.6 Å². The summed E-state index contributed by atoms with van der Waals surface area (Å²) in [7, 11) is 0. The van der Waals surface area contributed by atoms with E-state index in [4.69, 9.17) is 0 Å². The summed E-state index contributed by atoms with van der Waals surface area (Å²) in [5, 5.41) is 5.47. The second-order valence-electron chi connectivity index (χ2n) is 11.1. The molecule has 38 heavy (non-hydrogen) atoms. The Morgan fingerprint density at radius 2 is 1.47 bits per heavy atom. The van der Waals surface area contributed by atoms with E-state index in [9.17, 15) is 9.59 Å². The highest BCUT2D eigenvalue weighted by Gasteiger charge is 2.32. The molecule has 0 saturated carbocycles. The molecule has 0 aliphatic heterocycles. The topological polar surface area (TPSA) is 49.4 Å². The second kappa shape index (κ2) is 12.1. The summed E-state index contributed by atoms with van der Waals surface area (Å²) in [6, 6.07) is 32.0. The van der Waals surface area contributed by atoms with Crippen LogP contribution in [0.25, 0.3) is 10.8 Å². The summed E-state index contributed by atoms with van der Waals surface area (Å²) in [6.45, 7) is 8.34. The van der Waals surface area contributed by atoms with Gasteiger partial charge in [-0.05, 0) is 61.6 Å². The molecule has 0 aliphatic rings. The van der Waals surface area contributed by atoms with Crippen molar-refractivity contribution in [1.29, 1.82) is 0 Å². The number of nitrogens with zero attached hydrogens (tertiary/aromatic N) is 1. The first-order valence-electron chi connectivity index (χ1n) is 13.4. The number of aryl methyl sites for hydroxylation is 2. The number of benzene rings is 4. The third-order valence-electron chi connectivity index (χ3n) is 6.69. The number of carbonyl (C=O) groups is 2. The third-order valence-corrected chi connectivity index (χ3v) is 6.69. The van der Waals surface area contributed by atoms with Crippen molar-refractivity contribution in [2.75, 3.05) is 0 Å². The first-order chi connectivity index (χ1) is 18.2. The molecule has 0 aromatic heterocycles. The maximum atomic E-state index is 14.0. The highest BCUT2D eigenvalue weighted by Crippen LogP contribution is 2.22. The molecule has 1 atom stereocenters. The SMILES string of the molecule is Cc1cccc(CN(C(=O)CCc2cccc3ccccc23)C(Cc2ccccc2)C(=O)NC(C)(C)C)c1. The zero-order chi connectivity index (χ0) is 27.1. The van der Waals surface area contributed by atoms with Gasteiger partial charge in [0.25, 0.3) is 0 Å². The van der Waals surface area contributed by atoms with E-state index in [2.05, 4.69) is 35.6 Å². The van der Waals surface area contributed by atoms with E-state index in [0.29, 0.717) is 25.8 Å². The van der Waals surface area contributed by atoms with Gasteiger partial charge in [-0.15, -0.1) is 0 Å². The highest BCUT2D eigenvalue weighted by atomic mass is 16.2. The molecule has 4 aromatic carbocycles. The molecule has 0 bridgehead atoms. The molecule has 1 N–H and O–H groups in total. The predicted octanol–water partition coefficient (Wildman–Crippen LogP) is 6.64. The second-order valence-corrected chi connectivity index (χ2v) is 11.1. The Bertz CT molecular complexity index is 1380. The fraction of sp³-hybridized carbons (Fsp3) is 0.294. The Labute approximate surface area is 226 Å². The highest BCUT2D eigenvalue weighted by molar-refractivity contribution is 5.89. The minimum absolute atomic E-state index is 0.0237. The van der Waals surface area contributed by atoms with Gasteiger partial charge < -0.3 is 10.2 Å². The molecule has 1 unspecified atom stereocenters. The monoisotopic (exact) mass is 506 g/mol. The Morgan fingerprint density at radius 3 is 2.21 bits per heavy atom. The van der Waals surface area contributed by atoms with Gasteiger partial charge in [0.2, 0.25) is 11.8 Å². The van der Waals surface area contributed by atoms with Gasteiger partial charge in [-0.25, -0.2) is 0 Å². The van der Waals surface area contributed by atoms with Crippen molar-refractivity contribution in [3.05, 3.63) is 119 Å². The molecular weight excluding hydrogens is 468 g/mol. The van der Waals surface area contributed by atoms with Crippen molar-refractivity contribution in [1.82, 2.24) is 10.2 Å². The van der Waals surface area contributed by atoms with Gasteiger partial charge >= 0.3 is 0 Å². The molecule has 0 heterocycles. The van der Waals surface area contributed by atoms with Crippen molar-refractivity contribution >= 4 is 22.6 Å². The molecule has 4 aromatic rings. The Hall–Kier alpha value is -3.92. The quantitative estimate of drug-likeness (QED) is 0.277. The van der Waals surface area contributed by atoms with Crippen LogP contribution < -0.4 is 5.32 Å². The number of hydrogen-bond acceptors (Lipinski definition) is 2. The fourth-order valence-corrected chi connectivity index (χ4v) is 4.91. The summed E-state index contributed by atoms with van der Waals surface area (Å²) in [5.74, 6) is -0.156. The molecule has 0 saturated heterocycles. The van der Waals surface area contributed by atoms with Crippen LogP contribution >= 0.6 is 0 Å². The minimum Gasteiger partial charge on any atom is -0.350 e. The van der Waals surface area contributed by atoms with Crippen LogP contribution in [0.4, 0.5) is 0 Å². The summed E-state index contributed by atoms with van der Waals surface area (Å²) in [6.07, 6.45) is 1.39. The van der Waals surface area contributed by atoms with Crippen LogP contribution in [0.1, 0.15) is 49.4 Å². The van der Waals surface area contributed by atoms with E-state index in [1.807, 2.05) is 94.4 Å². The molecule has 4 heteroatoms. The summed E-state index contributed by atoms with van der Waals surface area (Å²) in [5.41, 5.74) is 3.91. The van der Waals surface area contributed by atoms with Crippen molar-refractivity contribution in [2.24, 2.45) is 0 Å². The lowest BCUT2D eigenvalue weighted by atomic mass is 9.98. The van der Waals surface area contributed by atoms with E-state index >= 15 is 0 Å². The molecule has 0 radical (unpaired) electrons. The largest absolute Gasteiger partial charge is 0.350 e. The van der Waals surface area contributed by atoms with Crippen LogP contribution in [0, 0.1) is 6.92 Å². The molecule has 196 valence electrons. The number of carbonyl (C=O) groups excluding carboxylic acids is 2. The lowest BCUT2D eigenvalue weighted by Gasteiger charge is -2.34. The fourth-order valence-electron chi connectivity index (χ4n) is 4.91. The smallest absolute Gasteiger partial charge is 0.243 e. The summed E-state index contributed by atoms with van der Waals surface area (Å²) >= 11 is 0. The van der Waals surface area contributed by atoms with Gasteiger partial charge in [-0.1, -0.05) is 103 Å². The van der Waals surface area contributed by atoms with Gasteiger partial charge in [0, 0.05) is 24.9 Å². The van der Waals surface area contributed by atoms with E-state index in [1.54, 1.807) is 4.90 Å². The molecule has 0 aliphatic carbocycles. The van der Waals surface area contributed by atoms with Gasteiger partial charge in [0.1, 0.15) is 6.04 Å². The maximum absolute atomic E-state index is 14.0.